The van der Waals surface area contributed by atoms with Crippen molar-refractivity contribution in [3.05, 3.63) is 41.4 Å². The van der Waals surface area contributed by atoms with E-state index < -0.39 is 0 Å². The van der Waals surface area contributed by atoms with Crippen LogP contribution in [-0.4, -0.2) is 16.2 Å². The van der Waals surface area contributed by atoms with Crippen molar-refractivity contribution in [1.29, 1.82) is 0 Å². The Kier molecular flexibility index (Phi) is 2.14. The Hall–Kier alpha value is -1.42. The van der Waals surface area contributed by atoms with E-state index in [9.17, 15) is 0 Å². The predicted octanol–water partition coefficient (Wildman–Crippen LogP) is 2.51. The van der Waals surface area contributed by atoms with Gasteiger partial charge in [0.25, 0.3) is 0 Å². The Morgan fingerprint density at radius 1 is 1.27 bits per heavy atom. The van der Waals surface area contributed by atoms with E-state index in [2.05, 4.69) is 45.8 Å². The molecule has 0 aliphatic heterocycles. The number of nitrogens with zero attached hydrogens (tertiary/aromatic N) is 2. The maximum Gasteiger partial charge on any atom is 0.205 e. The summed E-state index contributed by atoms with van der Waals surface area (Å²) in [5.41, 5.74) is 3.17. The molecule has 4 heteroatoms. The summed E-state index contributed by atoms with van der Waals surface area (Å²) in [6, 6.07) is 11.2. The van der Waals surface area contributed by atoms with Crippen LogP contribution in [-0.2, 0) is 0 Å². The number of hydrogen-bond donors (Lipinski definition) is 1. The second-order valence-electron chi connectivity index (χ2n) is 3.75. The van der Waals surface area contributed by atoms with Crippen LogP contribution in [0.5, 0.6) is 0 Å². The molecule has 1 fully saturated rings. The molecule has 3 rings (SSSR count). The first-order valence-corrected chi connectivity index (χ1v) is 5.89. The third kappa shape index (κ3) is 1.85. The maximum absolute atomic E-state index is 3.98. The number of rotatable bonds is 3. The fourth-order valence-corrected chi connectivity index (χ4v) is 2.33. The van der Waals surface area contributed by atoms with E-state index in [1.165, 1.54) is 12.0 Å². The summed E-state index contributed by atoms with van der Waals surface area (Å²) >= 11 is 1.56. The van der Waals surface area contributed by atoms with Crippen LogP contribution in [0.25, 0.3) is 0 Å². The average Bonchev–Trinajstić information content (AvgIpc) is 2.84. The first kappa shape index (κ1) is 8.85. The summed E-state index contributed by atoms with van der Waals surface area (Å²) in [5.74, 6) is 0.648. The standard InChI is InChI=1S/C11H11N3S/c1-2-4-8(5-3-1)9-6-10(9)13-11-14-12-7-15-11/h1-5,7,9-10H,6H2,(H,13,14). The van der Waals surface area contributed by atoms with E-state index in [0.717, 1.165) is 5.13 Å². The van der Waals surface area contributed by atoms with Crippen molar-refractivity contribution in [2.45, 2.75) is 18.4 Å². The van der Waals surface area contributed by atoms with Gasteiger partial charge in [0.05, 0.1) is 0 Å². The van der Waals surface area contributed by atoms with E-state index >= 15 is 0 Å². The third-order valence-corrected chi connectivity index (χ3v) is 3.31. The summed E-state index contributed by atoms with van der Waals surface area (Å²) < 4.78 is 0. The zero-order valence-electron chi connectivity index (χ0n) is 8.13. The Bertz CT molecular complexity index is 426. The van der Waals surface area contributed by atoms with Crippen molar-refractivity contribution in [3.8, 4) is 0 Å². The summed E-state index contributed by atoms with van der Waals surface area (Å²) in [6.45, 7) is 0. The van der Waals surface area contributed by atoms with Crippen LogP contribution in [0.15, 0.2) is 35.8 Å². The minimum atomic E-state index is 0.542. The molecule has 15 heavy (non-hydrogen) atoms. The molecule has 2 aromatic rings. The van der Waals surface area contributed by atoms with Crippen molar-refractivity contribution < 1.29 is 0 Å². The van der Waals surface area contributed by atoms with Crippen LogP contribution >= 0.6 is 11.3 Å². The summed E-state index contributed by atoms with van der Waals surface area (Å²) in [4.78, 5) is 0. The van der Waals surface area contributed by atoms with E-state index in [1.807, 2.05) is 0 Å². The van der Waals surface area contributed by atoms with E-state index in [1.54, 1.807) is 16.8 Å². The Labute approximate surface area is 92.2 Å². The van der Waals surface area contributed by atoms with Crippen molar-refractivity contribution in [2.24, 2.45) is 0 Å². The molecule has 0 spiro atoms. The Balaban J connectivity index is 1.65. The highest BCUT2D eigenvalue weighted by molar-refractivity contribution is 7.13. The van der Waals surface area contributed by atoms with Gasteiger partial charge in [-0.3, -0.25) is 0 Å². The monoisotopic (exact) mass is 217 g/mol. The molecular formula is C11H11N3S. The molecule has 0 radical (unpaired) electrons. The molecule has 1 heterocycles. The largest absolute Gasteiger partial charge is 0.357 e. The lowest BCUT2D eigenvalue weighted by molar-refractivity contribution is 1.01. The number of aromatic nitrogens is 2. The van der Waals surface area contributed by atoms with Gasteiger partial charge in [-0.15, -0.1) is 10.2 Å². The number of anilines is 1. The van der Waals surface area contributed by atoms with E-state index in [4.69, 9.17) is 0 Å². The molecule has 3 nitrogen and oxygen atoms in total. The molecule has 2 atom stereocenters. The van der Waals surface area contributed by atoms with E-state index in [-0.39, 0.29) is 0 Å². The minimum absolute atomic E-state index is 0.542. The molecule has 1 aromatic heterocycles. The quantitative estimate of drug-likeness (QED) is 0.858. The van der Waals surface area contributed by atoms with Gasteiger partial charge < -0.3 is 5.32 Å². The first-order chi connectivity index (χ1) is 7.43. The van der Waals surface area contributed by atoms with Crippen LogP contribution < -0.4 is 5.32 Å². The lowest BCUT2D eigenvalue weighted by atomic mass is 10.1. The third-order valence-electron chi connectivity index (χ3n) is 2.69. The molecule has 1 aliphatic rings. The molecule has 1 saturated carbocycles. The van der Waals surface area contributed by atoms with Crippen LogP contribution in [0.3, 0.4) is 0 Å². The van der Waals surface area contributed by atoms with Gasteiger partial charge in [-0.05, 0) is 12.0 Å². The molecule has 1 aliphatic carbocycles. The van der Waals surface area contributed by atoms with Gasteiger partial charge in [0.15, 0.2) is 0 Å². The number of nitrogens with one attached hydrogen (secondary N) is 1. The Morgan fingerprint density at radius 2 is 2.13 bits per heavy atom. The molecule has 1 N–H and O–H groups in total. The molecule has 0 bridgehead atoms. The van der Waals surface area contributed by atoms with Crippen molar-refractivity contribution in [2.75, 3.05) is 5.32 Å². The highest BCUT2D eigenvalue weighted by Gasteiger charge is 2.38. The first-order valence-electron chi connectivity index (χ1n) is 5.01. The van der Waals surface area contributed by atoms with Crippen LogP contribution in [0.2, 0.25) is 0 Å². The zero-order valence-corrected chi connectivity index (χ0v) is 8.95. The zero-order chi connectivity index (χ0) is 10.1. The molecular weight excluding hydrogens is 206 g/mol. The molecule has 0 saturated heterocycles. The minimum Gasteiger partial charge on any atom is -0.357 e. The fraction of sp³-hybridized carbons (Fsp3) is 0.273. The number of benzene rings is 1. The Morgan fingerprint density at radius 3 is 2.87 bits per heavy atom. The van der Waals surface area contributed by atoms with Crippen LogP contribution in [0.1, 0.15) is 17.9 Å². The van der Waals surface area contributed by atoms with Gasteiger partial charge in [-0.25, -0.2) is 0 Å². The maximum atomic E-state index is 3.98. The summed E-state index contributed by atoms with van der Waals surface area (Å²) in [5, 5.41) is 12.1. The van der Waals surface area contributed by atoms with Crippen molar-refractivity contribution in [1.82, 2.24) is 10.2 Å². The fourth-order valence-electron chi connectivity index (χ4n) is 1.82. The highest BCUT2D eigenvalue weighted by atomic mass is 32.1. The van der Waals surface area contributed by atoms with Gasteiger partial charge >= 0.3 is 0 Å². The number of hydrogen-bond acceptors (Lipinski definition) is 4. The topological polar surface area (TPSA) is 37.8 Å². The van der Waals surface area contributed by atoms with E-state index in [0.29, 0.717) is 12.0 Å². The molecule has 0 amide bonds. The second-order valence-corrected chi connectivity index (χ2v) is 4.58. The van der Waals surface area contributed by atoms with Crippen molar-refractivity contribution in [3.63, 3.8) is 0 Å². The second kappa shape index (κ2) is 3.62. The van der Waals surface area contributed by atoms with Gasteiger partial charge in [0.2, 0.25) is 5.13 Å². The summed E-state index contributed by atoms with van der Waals surface area (Å²) in [6.07, 6.45) is 1.20. The molecule has 2 unspecified atom stereocenters. The van der Waals surface area contributed by atoms with Gasteiger partial charge in [0.1, 0.15) is 5.51 Å². The van der Waals surface area contributed by atoms with Gasteiger partial charge in [-0.1, -0.05) is 41.7 Å². The lowest BCUT2D eigenvalue weighted by Crippen LogP contribution is -2.03. The molecule has 76 valence electrons. The highest BCUT2D eigenvalue weighted by Crippen LogP contribution is 2.42. The summed E-state index contributed by atoms with van der Waals surface area (Å²) in [7, 11) is 0. The van der Waals surface area contributed by atoms with Crippen LogP contribution in [0.4, 0.5) is 5.13 Å². The van der Waals surface area contributed by atoms with Crippen LogP contribution in [0, 0.1) is 0 Å². The SMILES string of the molecule is c1ccc(C2CC2Nc2nncs2)cc1. The average molecular weight is 217 g/mol. The van der Waals surface area contributed by atoms with Crippen molar-refractivity contribution >= 4 is 16.5 Å². The predicted molar refractivity (Wildman–Crippen MR) is 61.1 cm³/mol. The van der Waals surface area contributed by atoms with Gasteiger partial charge in [-0.2, -0.15) is 0 Å². The van der Waals surface area contributed by atoms with Gasteiger partial charge in [0, 0.05) is 12.0 Å². The molecule has 1 aromatic carbocycles. The normalized spacial score (nSPS) is 23.7. The smallest absolute Gasteiger partial charge is 0.205 e. The lowest BCUT2D eigenvalue weighted by Gasteiger charge is -2.00.